The molecule has 0 amide bonds. The lowest BCUT2D eigenvalue weighted by atomic mass is 9.74. The van der Waals surface area contributed by atoms with Crippen molar-refractivity contribution in [2.75, 3.05) is 19.6 Å². The van der Waals surface area contributed by atoms with Crippen molar-refractivity contribution in [1.82, 2.24) is 4.90 Å². The molecular weight excluding hydrogens is 208 g/mol. The smallest absolute Gasteiger partial charge is 0.0334 e. The van der Waals surface area contributed by atoms with Gasteiger partial charge < -0.3 is 5.73 Å². The van der Waals surface area contributed by atoms with Gasteiger partial charge in [-0.05, 0) is 44.1 Å². The Morgan fingerprint density at radius 3 is 2.76 bits per heavy atom. The highest BCUT2D eigenvalue weighted by Crippen LogP contribution is 2.38. The van der Waals surface area contributed by atoms with Gasteiger partial charge in [-0.25, -0.2) is 0 Å². The van der Waals surface area contributed by atoms with E-state index < -0.39 is 0 Å². The van der Waals surface area contributed by atoms with Crippen LogP contribution in [0.1, 0.15) is 58.8 Å². The molecule has 0 spiro atoms. The normalized spacial score (nSPS) is 40.4. The summed E-state index contributed by atoms with van der Waals surface area (Å²) in [6.45, 7) is 8.21. The quantitative estimate of drug-likeness (QED) is 0.819. The molecule has 3 unspecified atom stereocenters. The summed E-state index contributed by atoms with van der Waals surface area (Å²) in [5, 5.41) is 0. The van der Waals surface area contributed by atoms with E-state index in [1.807, 2.05) is 0 Å². The number of likely N-dealkylation sites (tertiary alicyclic amines) is 1. The van der Waals surface area contributed by atoms with E-state index in [1.165, 1.54) is 58.0 Å². The van der Waals surface area contributed by atoms with E-state index in [9.17, 15) is 0 Å². The molecule has 2 aliphatic rings. The Morgan fingerprint density at radius 2 is 2.12 bits per heavy atom. The SMILES string of the molecule is CCC1CCCN(C2(CN)CCCC(C)C2)C1. The fraction of sp³-hybridized carbons (Fsp3) is 1.00. The van der Waals surface area contributed by atoms with Gasteiger partial charge in [-0.3, -0.25) is 4.90 Å². The summed E-state index contributed by atoms with van der Waals surface area (Å²) < 4.78 is 0. The number of nitrogens with two attached hydrogens (primary N) is 1. The van der Waals surface area contributed by atoms with Crippen molar-refractivity contribution in [3.63, 3.8) is 0 Å². The second kappa shape index (κ2) is 5.71. The number of hydrogen-bond acceptors (Lipinski definition) is 2. The third kappa shape index (κ3) is 2.85. The summed E-state index contributed by atoms with van der Waals surface area (Å²) in [4.78, 5) is 2.76. The summed E-state index contributed by atoms with van der Waals surface area (Å²) in [7, 11) is 0. The Labute approximate surface area is 107 Å². The molecule has 1 saturated heterocycles. The molecule has 3 atom stereocenters. The van der Waals surface area contributed by atoms with Gasteiger partial charge in [0.05, 0.1) is 0 Å². The van der Waals surface area contributed by atoms with Crippen LogP contribution < -0.4 is 5.73 Å². The van der Waals surface area contributed by atoms with Crippen LogP contribution in [0.25, 0.3) is 0 Å². The van der Waals surface area contributed by atoms with E-state index in [-0.39, 0.29) is 0 Å². The maximum atomic E-state index is 6.18. The highest BCUT2D eigenvalue weighted by Gasteiger charge is 2.40. The van der Waals surface area contributed by atoms with Gasteiger partial charge in [0.1, 0.15) is 0 Å². The Hall–Kier alpha value is -0.0800. The van der Waals surface area contributed by atoms with E-state index in [1.54, 1.807) is 0 Å². The molecule has 0 aromatic heterocycles. The van der Waals surface area contributed by atoms with Gasteiger partial charge in [0, 0.05) is 18.6 Å². The number of hydrogen-bond donors (Lipinski definition) is 1. The van der Waals surface area contributed by atoms with Crippen LogP contribution in [0.3, 0.4) is 0 Å². The highest BCUT2D eigenvalue weighted by molar-refractivity contribution is 4.97. The van der Waals surface area contributed by atoms with Crippen LogP contribution in [0.15, 0.2) is 0 Å². The molecule has 2 rings (SSSR count). The lowest BCUT2D eigenvalue weighted by Crippen LogP contribution is -2.58. The molecule has 0 bridgehead atoms. The van der Waals surface area contributed by atoms with Crippen molar-refractivity contribution in [2.45, 2.75) is 64.3 Å². The zero-order valence-electron chi connectivity index (χ0n) is 11.8. The van der Waals surface area contributed by atoms with E-state index in [4.69, 9.17) is 5.73 Å². The summed E-state index contributed by atoms with van der Waals surface area (Å²) in [6, 6.07) is 0. The van der Waals surface area contributed by atoms with Gasteiger partial charge in [-0.1, -0.05) is 33.1 Å². The van der Waals surface area contributed by atoms with Crippen LogP contribution in [0.5, 0.6) is 0 Å². The molecule has 2 N–H and O–H groups in total. The lowest BCUT2D eigenvalue weighted by molar-refractivity contribution is 0.00637. The maximum Gasteiger partial charge on any atom is 0.0334 e. The largest absolute Gasteiger partial charge is 0.329 e. The van der Waals surface area contributed by atoms with Gasteiger partial charge >= 0.3 is 0 Å². The summed E-state index contributed by atoms with van der Waals surface area (Å²) in [5.41, 5.74) is 6.53. The van der Waals surface area contributed by atoms with E-state index in [2.05, 4.69) is 18.7 Å². The lowest BCUT2D eigenvalue weighted by Gasteiger charge is -2.50. The van der Waals surface area contributed by atoms with Crippen LogP contribution in [0.2, 0.25) is 0 Å². The molecule has 2 heteroatoms. The average Bonchev–Trinajstić information content (AvgIpc) is 2.38. The molecule has 1 heterocycles. The van der Waals surface area contributed by atoms with Crippen molar-refractivity contribution in [2.24, 2.45) is 17.6 Å². The molecule has 1 aliphatic heterocycles. The zero-order chi connectivity index (χ0) is 12.3. The van der Waals surface area contributed by atoms with Crippen LogP contribution in [-0.4, -0.2) is 30.1 Å². The van der Waals surface area contributed by atoms with E-state index in [0.29, 0.717) is 5.54 Å². The van der Waals surface area contributed by atoms with Crippen LogP contribution in [0, 0.1) is 11.8 Å². The first-order valence-corrected chi connectivity index (χ1v) is 7.65. The molecule has 17 heavy (non-hydrogen) atoms. The van der Waals surface area contributed by atoms with Crippen LogP contribution >= 0.6 is 0 Å². The molecule has 2 fully saturated rings. The standard InChI is InChI=1S/C15H30N2/c1-3-14-7-5-9-17(11-14)15(12-16)8-4-6-13(2)10-15/h13-14H,3-12,16H2,1-2H3. The summed E-state index contributed by atoms with van der Waals surface area (Å²) >= 11 is 0. The van der Waals surface area contributed by atoms with Gasteiger partial charge in [0.25, 0.3) is 0 Å². The fourth-order valence-electron chi connectivity index (χ4n) is 4.06. The molecule has 0 aromatic carbocycles. The van der Waals surface area contributed by atoms with Crippen molar-refractivity contribution in [1.29, 1.82) is 0 Å². The summed E-state index contributed by atoms with van der Waals surface area (Å²) in [5.74, 6) is 1.79. The minimum Gasteiger partial charge on any atom is -0.329 e. The minimum atomic E-state index is 0.353. The highest BCUT2D eigenvalue weighted by atomic mass is 15.2. The molecular formula is C15H30N2. The second-order valence-electron chi connectivity index (χ2n) is 6.49. The van der Waals surface area contributed by atoms with Crippen molar-refractivity contribution in [3.8, 4) is 0 Å². The Balaban J connectivity index is 2.05. The monoisotopic (exact) mass is 238 g/mol. The average molecular weight is 238 g/mol. The van der Waals surface area contributed by atoms with Gasteiger partial charge in [0.2, 0.25) is 0 Å². The third-order valence-corrected chi connectivity index (χ3v) is 5.21. The van der Waals surface area contributed by atoms with E-state index in [0.717, 1.165) is 18.4 Å². The van der Waals surface area contributed by atoms with Gasteiger partial charge in [0.15, 0.2) is 0 Å². The molecule has 1 aliphatic carbocycles. The Bertz CT molecular complexity index is 241. The Kier molecular flexibility index (Phi) is 4.48. The first kappa shape index (κ1) is 13.4. The predicted molar refractivity (Wildman–Crippen MR) is 74.0 cm³/mol. The van der Waals surface area contributed by atoms with Gasteiger partial charge in [-0.15, -0.1) is 0 Å². The molecule has 0 radical (unpaired) electrons. The topological polar surface area (TPSA) is 29.3 Å². The number of rotatable bonds is 3. The van der Waals surface area contributed by atoms with Crippen molar-refractivity contribution < 1.29 is 0 Å². The third-order valence-electron chi connectivity index (χ3n) is 5.21. The van der Waals surface area contributed by atoms with Crippen LogP contribution in [0.4, 0.5) is 0 Å². The van der Waals surface area contributed by atoms with E-state index >= 15 is 0 Å². The predicted octanol–water partition coefficient (Wildman–Crippen LogP) is 3.02. The Morgan fingerprint density at radius 1 is 1.29 bits per heavy atom. The number of nitrogens with zero attached hydrogens (tertiary/aromatic N) is 1. The van der Waals surface area contributed by atoms with Gasteiger partial charge in [-0.2, -0.15) is 0 Å². The molecule has 1 saturated carbocycles. The van der Waals surface area contributed by atoms with Crippen LogP contribution in [-0.2, 0) is 0 Å². The molecule has 100 valence electrons. The van der Waals surface area contributed by atoms with Crippen molar-refractivity contribution in [3.05, 3.63) is 0 Å². The summed E-state index contributed by atoms with van der Waals surface area (Å²) in [6.07, 6.45) is 9.62. The number of piperidine rings is 1. The van der Waals surface area contributed by atoms with Crippen molar-refractivity contribution >= 4 is 0 Å². The maximum absolute atomic E-state index is 6.18. The molecule has 2 nitrogen and oxygen atoms in total. The molecule has 0 aromatic rings. The fourth-order valence-corrected chi connectivity index (χ4v) is 4.06. The first-order valence-electron chi connectivity index (χ1n) is 7.65. The first-order chi connectivity index (χ1) is 8.20. The zero-order valence-corrected chi connectivity index (χ0v) is 11.8. The second-order valence-corrected chi connectivity index (χ2v) is 6.49. The minimum absolute atomic E-state index is 0.353.